The maximum atomic E-state index is 4.80. The van der Waals surface area contributed by atoms with Gasteiger partial charge in [-0.2, -0.15) is 0 Å². The Balaban J connectivity index is 1.39. The quantitative estimate of drug-likeness (QED) is 0.589. The van der Waals surface area contributed by atoms with Crippen LogP contribution in [0, 0.1) is 20.8 Å². The molecule has 4 aromatic heterocycles. The molecule has 1 N–H and O–H groups in total. The van der Waals surface area contributed by atoms with Gasteiger partial charge in [-0.15, -0.1) is 5.10 Å². The number of anilines is 2. The van der Waals surface area contributed by atoms with Crippen LogP contribution in [0.1, 0.15) is 17.1 Å². The van der Waals surface area contributed by atoms with Crippen molar-refractivity contribution in [3.05, 3.63) is 41.6 Å². The number of nitrogens with one attached hydrogen (secondary N) is 1. The lowest BCUT2D eigenvalue weighted by Gasteiger charge is -2.36. The van der Waals surface area contributed by atoms with Crippen LogP contribution < -0.4 is 9.80 Å². The molecule has 1 fully saturated rings. The number of fused-ring (bicyclic) bond motifs is 2. The van der Waals surface area contributed by atoms with Crippen molar-refractivity contribution in [1.29, 1.82) is 0 Å². The van der Waals surface area contributed by atoms with Crippen molar-refractivity contribution in [2.45, 2.75) is 20.8 Å². The number of piperazine rings is 1. The second-order valence-electron chi connectivity index (χ2n) is 7.13. The minimum Gasteiger partial charge on any atom is -0.354 e. The van der Waals surface area contributed by atoms with Crippen LogP contribution in [0.25, 0.3) is 16.7 Å². The molecule has 0 amide bonds. The maximum absolute atomic E-state index is 4.80. The van der Waals surface area contributed by atoms with Gasteiger partial charge in [-0.25, -0.2) is 19.5 Å². The highest BCUT2D eigenvalue weighted by atomic mass is 15.4. The molecule has 8 nitrogen and oxygen atoms in total. The number of aromatic nitrogens is 6. The number of aryl methyl sites for hydroxylation is 3. The van der Waals surface area contributed by atoms with E-state index >= 15 is 0 Å². The van der Waals surface area contributed by atoms with Crippen molar-refractivity contribution in [3.8, 4) is 0 Å². The van der Waals surface area contributed by atoms with Crippen LogP contribution in [0.15, 0.2) is 24.5 Å². The van der Waals surface area contributed by atoms with Crippen molar-refractivity contribution < 1.29 is 0 Å². The zero-order chi connectivity index (χ0) is 18.5. The molecule has 138 valence electrons. The third kappa shape index (κ3) is 2.59. The van der Waals surface area contributed by atoms with Crippen molar-refractivity contribution >= 4 is 28.3 Å². The molecular formula is C19H22N8. The van der Waals surface area contributed by atoms with Gasteiger partial charge in [0.25, 0.3) is 0 Å². The number of rotatable bonds is 2. The minimum atomic E-state index is 0.895. The van der Waals surface area contributed by atoms with Crippen LogP contribution in [-0.2, 0) is 0 Å². The SMILES string of the molecule is Cc1cc2ncnc(N3CCN(c4ccc5nc(C)c(C)n5n4)CC3)c2[nH]1. The summed E-state index contributed by atoms with van der Waals surface area (Å²) >= 11 is 0. The molecule has 0 aromatic carbocycles. The lowest BCUT2D eigenvalue weighted by Crippen LogP contribution is -2.47. The van der Waals surface area contributed by atoms with Crippen LogP contribution in [0.4, 0.5) is 11.6 Å². The average molecular weight is 362 g/mol. The van der Waals surface area contributed by atoms with Crippen LogP contribution >= 0.6 is 0 Å². The second kappa shape index (κ2) is 5.94. The van der Waals surface area contributed by atoms with Crippen LogP contribution in [0.5, 0.6) is 0 Å². The fourth-order valence-corrected chi connectivity index (χ4v) is 3.76. The number of hydrogen-bond acceptors (Lipinski definition) is 6. The molecule has 0 atom stereocenters. The van der Waals surface area contributed by atoms with Crippen molar-refractivity contribution in [2.75, 3.05) is 36.0 Å². The van der Waals surface area contributed by atoms with E-state index in [-0.39, 0.29) is 0 Å². The van der Waals surface area contributed by atoms with Gasteiger partial charge in [0.1, 0.15) is 17.7 Å². The first-order valence-corrected chi connectivity index (χ1v) is 9.23. The molecule has 1 aliphatic rings. The molecule has 1 saturated heterocycles. The Labute approximate surface area is 156 Å². The smallest absolute Gasteiger partial charge is 0.156 e. The van der Waals surface area contributed by atoms with Gasteiger partial charge < -0.3 is 14.8 Å². The minimum absolute atomic E-state index is 0.895. The standard InChI is InChI=1S/C19H22N8/c1-12-10-15-18(22-12)19(21-11-20-15)26-8-6-25(7-9-26)17-5-4-16-23-13(2)14(3)27(16)24-17/h4-5,10-11,22H,6-9H2,1-3H3. The fourth-order valence-electron chi connectivity index (χ4n) is 3.76. The van der Waals surface area contributed by atoms with Gasteiger partial charge in [-0.1, -0.05) is 0 Å². The van der Waals surface area contributed by atoms with Gasteiger partial charge in [0.2, 0.25) is 0 Å². The summed E-state index contributed by atoms with van der Waals surface area (Å²) in [5.74, 6) is 1.98. The number of hydrogen-bond donors (Lipinski definition) is 1. The maximum Gasteiger partial charge on any atom is 0.156 e. The second-order valence-corrected chi connectivity index (χ2v) is 7.13. The number of aromatic amines is 1. The largest absolute Gasteiger partial charge is 0.354 e. The number of imidazole rings is 1. The summed E-state index contributed by atoms with van der Waals surface area (Å²) in [7, 11) is 0. The van der Waals surface area contributed by atoms with Crippen molar-refractivity contribution in [1.82, 2.24) is 29.5 Å². The predicted octanol–water partition coefficient (Wildman–Crippen LogP) is 2.25. The van der Waals surface area contributed by atoms with Gasteiger partial charge in [-0.05, 0) is 39.0 Å². The molecule has 5 heterocycles. The van der Waals surface area contributed by atoms with E-state index in [1.54, 1.807) is 6.33 Å². The summed E-state index contributed by atoms with van der Waals surface area (Å²) in [6.45, 7) is 9.71. The zero-order valence-electron chi connectivity index (χ0n) is 15.8. The molecule has 27 heavy (non-hydrogen) atoms. The number of H-pyrrole nitrogens is 1. The third-order valence-corrected chi connectivity index (χ3v) is 5.36. The molecule has 0 unspecified atom stereocenters. The van der Waals surface area contributed by atoms with Crippen molar-refractivity contribution in [2.24, 2.45) is 0 Å². The van der Waals surface area contributed by atoms with E-state index in [0.717, 1.165) is 71.6 Å². The first-order chi connectivity index (χ1) is 13.1. The molecule has 0 saturated carbocycles. The Morgan fingerprint density at radius 2 is 1.74 bits per heavy atom. The topological polar surface area (TPSA) is 78.2 Å². The molecule has 1 aliphatic heterocycles. The van der Waals surface area contributed by atoms with E-state index < -0.39 is 0 Å². The Hall–Kier alpha value is -3.16. The molecule has 0 radical (unpaired) electrons. The summed E-state index contributed by atoms with van der Waals surface area (Å²) in [6, 6.07) is 6.17. The Morgan fingerprint density at radius 1 is 0.963 bits per heavy atom. The highest BCUT2D eigenvalue weighted by Gasteiger charge is 2.22. The zero-order valence-corrected chi connectivity index (χ0v) is 15.8. The van der Waals surface area contributed by atoms with E-state index in [1.165, 1.54) is 0 Å². The fraction of sp³-hybridized carbons (Fsp3) is 0.368. The summed E-state index contributed by atoms with van der Waals surface area (Å²) in [6.07, 6.45) is 1.65. The lowest BCUT2D eigenvalue weighted by atomic mass is 10.3. The average Bonchev–Trinajstić information content (AvgIpc) is 3.20. The lowest BCUT2D eigenvalue weighted by molar-refractivity contribution is 0.636. The summed E-state index contributed by atoms with van der Waals surface area (Å²) in [4.78, 5) is 21.5. The van der Waals surface area contributed by atoms with Gasteiger partial charge >= 0.3 is 0 Å². The van der Waals surface area contributed by atoms with Crippen LogP contribution in [0.2, 0.25) is 0 Å². The highest BCUT2D eigenvalue weighted by molar-refractivity contribution is 5.86. The molecule has 5 rings (SSSR count). The van der Waals surface area contributed by atoms with Gasteiger partial charge in [0.15, 0.2) is 11.5 Å². The van der Waals surface area contributed by atoms with Gasteiger partial charge in [0, 0.05) is 31.9 Å². The van der Waals surface area contributed by atoms with E-state index in [4.69, 9.17) is 5.10 Å². The van der Waals surface area contributed by atoms with E-state index in [9.17, 15) is 0 Å². The summed E-state index contributed by atoms with van der Waals surface area (Å²) in [5, 5.41) is 4.80. The van der Waals surface area contributed by atoms with E-state index in [2.05, 4.69) is 48.8 Å². The molecule has 0 spiro atoms. The van der Waals surface area contributed by atoms with Crippen LogP contribution in [0.3, 0.4) is 0 Å². The predicted molar refractivity (Wildman–Crippen MR) is 106 cm³/mol. The third-order valence-electron chi connectivity index (χ3n) is 5.36. The molecule has 4 aromatic rings. The van der Waals surface area contributed by atoms with Gasteiger partial charge in [-0.3, -0.25) is 0 Å². The Kier molecular flexibility index (Phi) is 3.53. The first kappa shape index (κ1) is 16.0. The normalized spacial score (nSPS) is 15.2. The molecular weight excluding hydrogens is 340 g/mol. The first-order valence-electron chi connectivity index (χ1n) is 9.23. The van der Waals surface area contributed by atoms with Crippen LogP contribution in [-0.4, -0.2) is 55.7 Å². The number of nitrogens with zero attached hydrogens (tertiary/aromatic N) is 7. The van der Waals surface area contributed by atoms with E-state index in [1.807, 2.05) is 24.4 Å². The Morgan fingerprint density at radius 3 is 2.56 bits per heavy atom. The monoisotopic (exact) mass is 362 g/mol. The summed E-state index contributed by atoms with van der Waals surface area (Å²) in [5.41, 5.74) is 6.12. The molecule has 8 heteroatoms. The highest BCUT2D eigenvalue weighted by Crippen LogP contribution is 2.25. The van der Waals surface area contributed by atoms with Gasteiger partial charge in [0.05, 0.1) is 16.9 Å². The Bertz CT molecular complexity index is 1130. The van der Waals surface area contributed by atoms with Crippen molar-refractivity contribution in [3.63, 3.8) is 0 Å². The molecule has 0 bridgehead atoms. The van der Waals surface area contributed by atoms with E-state index in [0.29, 0.717) is 0 Å². The molecule has 0 aliphatic carbocycles. The summed E-state index contributed by atoms with van der Waals surface area (Å²) < 4.78 is 1.94.